The summed E-state index contributed by atoms with van der Waals surface area (Å²) in [4.78, 5) is 0. The molecule has 0 aliphatic carbocycles. The molecule has 0 radical (unpaired) electrons. The molecule has 0 aromatic rings. The van der Waals surface area contributed by atoms with Crippen LogP contribution in [0.2, 0.25) is 19.1 Å². The zero-order valence-electron chi connectivity index (χ0n) is 9.31. The Balaban J connectivity index is 3.31. The van der Waals surface area contributed by atoms with Crippen molar-refractivity contribution in [2.24, 2.45) is 5.92 Å². The molecule has 2 heteroatoms. The molecule has 0 aromatic carbocycles. The fourth-order valence-corrected chi connectivity index (χ4v) is 2.51. The summed E-state index contributed by atoms with van der Waals surface area (Å²) in [6, 6.07) is 1.32. The number of hydrogen-bond donors (Lipinski definition) is 0. The van der Waals surface area contributed by atoms with Crippen molar-refractivity contribution in [3.63, 3.8) is 0 Å². The molecule has 0 saturated heterocycles. The lowest BCUT2D eigenvalue weighted by molar-refractivity contribution is 0.400. The Labute approximate surface area is 78.6 Å². The minimum Gasteiger partial charge on any atom is -0.420 e. The Morgan fingerprint density at radius 2 is 1.75 bits per heavy atom. The first-order valence-electron chi connectivity index (χ1n) is 5.03. The maximum atomic E-state index is 5.48. The lowest BCUT2D eigenvalue weighted by Crippen LogP contribution is -2.27. The predicted octanol–water partition coefficient (Wildman–Crippen LogP) is 3.66. The Hall–Kier alpha value is 0.177. The Morgan fingerprint density at radius 1 is 1.17 bits per heavy atom. The molecule has 0 unspecified atom stereocenters. The van der Waals surface area contributed by atoms with Gasteiger partial charge in [-0.2, -0.15) is 0 Å². The van der Waals surface area contributed by atoms with E-state index in [2.05, 4.69) is 26.9 Å². The van der Waals surface area contributed by atoms with Gasteiger partial charge in [0.2, 0.25) is 0 Å². The molecule has 12 heavy (non-hydrogen) atoms. The molecule has 0 N–H and O–H groups in total. The van der Waals surface area contributed by atoms with Crippen molar-refractivity contribution in [1.82, 2.24) is 0 Å². The second-order valence-corrected chi connectivity index (χ2v) is 9.03. The first-order valence-corrected chi connectivity index (χ1v) is 8.14. The van der Waals surface area contributed by atoms with Gasteiger partial charge in [-0.3, -0.25) is 0 Å². The summed E-state index contributed by atoms with van der Waals surface area (Å²) in [6.45, 7) is 9.17. The van der Waals surface area contributed by atoms with Crippen LogP contribution < -0.4 is 0 Å². The van der Waals surface area contributed by atoms with Crippen LogP contribution in [-0.4, -0.2) is 15.4 Å². The average molecular weight is 188 g/mol. The quantitative estimate of drug-likeness (QED) is 0.456. The highest BCUT2D eigenvalue weighted by molar-refractivity contribution is 6.71. The van der Waals surface area contributed by atoms with Gasteiger partial charge in [0.25, 0.3) is 0 Å². The van der Waals surface area contributed by atoms with Gasteiger partial charge in [-0.1, -0.05) is 33.1 Å². The summed E-state index contributed by atoms with van der Waals surface area (Å²) in [6.07, 6.45) is 4.09. The van der Waals surface area contributed by atoms with E-state index in [9.17, 15) is 0 Å². The molecular formula is C10H24OSi. The van der Waals surface area contributed by atoms with Crippen molar-refractivity contribution in [2.75, 3.05) is 7.11 Å². The zero-order chi connectivity index (χ0) is 9.61. The van der Waals surface area contributed by atoms with Gasteiger partial charge in [0, 0.05) is 7.11 Å². The molecule has 0 saturated carbocycles. The third-order valence-corrected chi connectivity index (χ3v) is 5.03. The highest BCUT2D eigenvalue weighted by Gasteiger charge is 2.19. The van der Waals surface area contributed by atoms with E-state index in [1.165, 1.54) is 25.3 Å². The van der Waals surface area contributed by atoms with Crippen LogP contribution in [0.1, 0.15) is 33.1 Å². The largest absolute Gasteiger partial charge is 0.420 e. The average Bonchev–Trinajstić information content (AvgIpc) is 1.98. The van der Waals surface area contributed by atoms with Gasteiger partial charge in [-0.15, -0.1) is 0 Å². The monoisotopic (exact) mass is 188 g/mol. The number of hydrogen-bond acceptors (Lipinski definition) is 1. The Kier molecular flexibility index (Phi) is 5.84. The number of unbranched alkanes of at least 4 members (excludes halogenated alkanes) is 1. The van der Waals surface area contributed by atoms with Gasteiger partial charge in [0.05, 0.1) is 0 Å². The summed E-state index contributed by atoms with van der Waals surface area (Å²) >= 11 is 0. The predicted molar refractivity (Wildman–Crippen MR) is 58.0 cm³/mol. The van der Waals surface area contributed by atoms with E-state index in [-0.39, 0.29) is 0 Å². The van der Waals surface area contributed by atoms with Gasteiger partial charge in [0.1, 0.15) is 0 Å². The molecule has 1 nitrogen and oxygen atoms in total. The summed E-state index contributed by atoms with van der Waals surface area (Å²) in [5.74, 6) is 0.859. The Morgan fingerprint density at radius 3 is 2.17 bits per heavy atom. The first kappa shape index (κ1) is 12.2. The smallest absolute Gasteiger partial charge is 0.186 e. The van der Waals surface area contributed by atoms with Gasteiger partial charge in [-0.05, 0) is 25.1 Å². The molecule has 0 bridgehead atoms. The van der Waals surface area contributed by atoms with E-state index in [0.29, 0.717) is 0 Å². The maximum Gasteiger partial charge on any atom is 0.186 e. The lowest BCUT2D eigenvalue weighted by atomic mass is 10.1. The van der Waals surface area contributed by atoms with Crippen molar-refractivity contribution < 1.29 is 4.43 Å². The third kappa shape index (κ3) is 6.86. The second kappa shape index (κ2) is 5.76. The van der Waals surface area contributed by atoms with Crippen LogP contribution >= 0.6 is 0 Å². The van der Waals surface area contributed by atoms with Crippen LogP contribution in [-0.2, 0) is 4.43 Å². The third-order valence-electron chi connectivity index (χ3n) is 2.36. The molecule has 0 amide bonds. The van der Waals surface area contributed by atoms with E-state index >= 15 is 0 Å². The zero-order valence-corrected chi connectivity index (χ0v) is 10.3. The van der Waals surface area contributed by atoms with Crippen molar-refractivity contribution >= 4 is 8.32 Å². The molecule has 0 aromatic heterocycles. The lowest BCUT2D eigenvalue weighted by Gasteiger charge is -2.19. The normalized spacial score (nSPS) is 12.5. The molecule has 0 aliphatic rings. The molecule has 0 fully saturated rings. The van der Waals surface area contributed by atoms with Crippen LogP contribution in [0, 0.1) is 5.92 Å². The van der Waals surface area contributed by atoms with Gasteiger partial charge < -0.3 is 4.43 Å². The summed E-state index contributed by atoms with van der Waals surface area (Å²) in [7, 11) is 0.607. The van der Waals surface area contributed by atoms with Crippen molar-refractivity contribution in [2.45, 2.75) is 52.2 Å². The topological polar surface area (TPSA) is 9.23 Å². The van der Waals surface area contributed by atoms with Crippen LogP contribution in [0.3, 0.4) is 0 Å². The van der Waals surface area contributed by atoms with Crippen LogP contribution in [0.4, 0.5) is 0 Å². The molecule has 0 atom stereocenters. The van der Waals surface area contributed by atoms with Gasteiger partial charge >= 0.3 is 0 Å². The maximum absolute atomic E-state index is 5.48. The molecule has 0 aliphatic heterocycles. The van der Waals surface area contributed by atoms with E-state index in [1.54, 1.807) is 0 Å². The standard InChI is InChI=1S/C10H24OSi/c1-10(2)8-6-7-9-12(4,5)11-3/h10H,6-9H2,1-5H3. The molecule has 0 heterocycles. The van der Waals surface area contributed by atoms with Gasteiger partial charge in [0.15, 0.2) is 8.32 Å². The van der Waals surface area contributed by atoms with E-state index < -0.39 is 8.32 Å². The van der Waals surface area contributed by atoms with E-state index in [1.807, 2.05) is 7.11 Å². The molecule has 74 valence electrons. The SMILES string of the molecule is CO[Si](C)(C)CCCCC(C)C. The highest BCUT2D eigenvalue weighted by Crippen LogP contribution is 2.16. The van der Waals surface area contributed by atoms with Gasteiger partial charge in [-0.25, -0.2) is 0 Å². The molecular weight excluding hydrogens is 164 g/mol. The van der Waals surface area contributed by atoms with E-state index in [4.69, 9.17) is 4.43 Å². The minimum absolute atomic E-state index is 0.859. The summed E-state index contributed by atoms with van der Waals surface area (Å²) in [5.41, 5.74) is 0. The highest BCUT2D eigenvalue weighted by atomic mass is 28.4. The fourth-order valence-electron chi connectivity index (χ4n) is 1.21. The minimum atomic E-state index is -1.25. The summed E-state index contributed by atoms with van der Waals surface area (Å²) in [5, 5.41) is 0. The van der Waals surface area contributed by atoms with Crippen LogP contribution in [0.15, 0.2) is 0 Å². The van der Waals surface area contributed by atoms with E-state index in [0.717, 1.165) is 5.92 Å². The first-order chi connectivity index (χ1) is 5.48. The van der Waals surface area contributed by atoms with Crippen LogP contribution in [0.5, 0.6) is 0 Å². The van der Waals surface area contributed by atoms with Crippen molar-refractivity contribution in [3.8, 4) is 0 Å². The Bertz CT molecular complexity index is 110. The van der Waals surface area contributed by atoms with Crippen LogP contribution in [0.25, 0.3) is 0 Å². The number of rotatable bonds is 6. The van der Waals surface area contributed by atoms with Crippen molar-refractivity contribution in [1.29, 1.82) is 0 Å². The fraction of sp³-hybridized carbons (Fsp3) is 1.00. The molecule has 0 spiro atoms. The molecule has 0 rings (SSSR count). The summed E-state index contributed by atoms with van der Waals surface area (Å²) < 4.78 is 5.48. The second-order valence-electron chi connectivity index (χ2n) is 4.60. The van der Waals surface area contributed by atoms with Crippen molar-refractivity contribution in [3.05, 3.63) is 0 Å².